The number of amides is 1. The number of carbonyl (C=O) groups is 1. The Morgan fingerprint density at radius 2 is 1.81 bits per heavy atom. The lowest BCUT2D eigenvalue weighted by molar-refractivity contribution is -0.140. The minimum Gasteiger partial charge on any atom is -0.388 e. The van der Waals surface area contributed by atoms with E-state index >= 15 is 0 Å². The molecule has 5 nitrogen and oxygen atoms in total. The zero-order chi connectivity index (χ0) is 26.8. The van der Waals surface area contributed by atoms with Crippen LogP contribution in [0.25, 0.3) is 0 Å². The van der Waals surface area contributed by atoms with Crippen LogP contribution < -0.4 is 5.32 Å². The van der Waals surface area contributed by atoms with Gasteiger partial charge < -0.3 is 15.5 Å². The van der Waals surface area contributed by atoms with Crippen LogP contribution in [-0.2, 0) is 36.0 Å². The summed E-state index contributed by atoms with van der Waals surface area (Å²) >= 11 is 0. The number of aliphatic hydroxyl groups is 2. The minimum absolute atomic E-state index is 0.137. The van der Waals surface area contributed by atoms with Gasteiger partial charge in [-0.2, -0.15) is 13.2 Å². The molecule has 1 aliphatic heterocycles. The van der Waals surface area contributed by atoms with E-state index in [1.165, 1.54) is 0 Å². The Hall–Kier alpha value is -3.27. The molecule has 0 fully saturated rings. The number of rotatable bonds is 7. The van der Waals surface area contributed by atoms with E-state index in [9.17, 15) is 32.6 Å². The highest BCUT2D eigenvalue weighted by atomic mass is 19.4. The lowest BCUT2D eigenvalue weighted by Gasteiger charge is -2.36. The predicted octanol–water partition coefficient (Wildman–Crippen LogP) is 4.65. The maximum atomic E-state index is 13.9. The van der Waals surface area contributed by atoms with Gasteiger partial charge in [0.15, 0.2) is 0 Å². The molecule has 196 valence electrons. The molecule has 1 amide bonds. The van der Waals surface area contributed by atoms with Crippen LogP contribution in [0.2, 0.25) is 0 Å². The van der Waals surface area contributed by atoms with Crippen molar-refractivity contribution in [3.8, 4) is 0 Å². The molecule has 3 aromatic carbocycles. The molecule has 0 saturated heterocycles. The molecule has 0 radical (unpaired) electrons. The number of benzene rings is 3. The Kier molecular flexibility index (Phi) is 7.68. The standard InChI is InChI=1S/C28H28F4N2O3/c1-27(37,20-7-3-2-4-8-20)25(35)17-34-13-12-21-19(16-34)6-5-9-24(21)33-26(36)15-18-10-11-22(23(29)14-18)28(30,31)32/h2-11,14,25,35,37H,12-13,15-17H2,1H3,(H,33,36). The number of β-amino-alcohol motifs (C(OH)–C–C–N with tert-alkyl or cyclic N) is 1. The number of aliphatic hydroxyl groups excluding tert-OH is 1. The van der Waals surface area contributed by atoms with Gasteiger partial charge in [-0.25, -0.2) is 4.39 Å². The van der Waals surface area contributed by atoms with Crippen molar-refractivity contribution in [1.82, 2.24) is 4.90 Å². The van der Waals surface area contributed by atoms with Crippen molar-refractivity contribution in [2.45, 2.75) is 44.2 Å². The molecule has 0 saturated carbocycles. The summed E-state index contributed by atoms with van der Waals surface area (Å²) in [6.07, 6.45) is -5.51. The number of anilines is 1. The fraction of sp³-hybridized carbons (Fsp3) is 0.321. The number of nitrogens with one attached hydrogen (secondary N) is 1. The second-order valence-corrected chi connectivity index (χ2v) is 9.49. The number of halogens is 4. The summed E-state index contributed by atoms with van der Waals surface area (Å²) in [7, 11) is 0. The zero-order valence-corrected chi connectivity index (χ0v) is 20.2. The minimum atomic E-state index is -4.80. The van der Waals surface area contributed by atoms with Crippen LogP contribution in [0.15, 0.2) is 66.7 Å². The van der Waals surface area contributed by atoms with Crippen molar-refractivity contribution in [3.05, 3.63) is 100 Å². The maximum Gasteiger partial charge on any atom is 0.419 e. The first-order valence-electron chi connectivity index (χ1n) is 11.9. The Balaban J connectivity index is 1.40. The van der Waals surface area contributed by atoms with Gasteiger partial charge >= 0.3 is 6.18 Å². The van der Waals surface area contributed by atoms with Gasteiger partial charge in [0.1, 0.15) is 11.4 Å². The molecular formula is C28H28F4N2O3. The Morgan fingerprint density at radius 3 is 2.49 bits per heavy atom. The van der Waals surface area contributed by atoms with E-state index in [1.54, 1.807) is 43.3 Å². The van der Waals surface area contributed by atoms with Gasteiger partial charge in [0.2, 0.25) is 5.91 Å². The average molecular weight is 517 g/mol. The average Bonchev–Trinajstić information content (AvgIpc) is 2.83. The van der Waals surface area contributed by atoms with Crippen LogP contribution in [0.5, 0.6) is 0 Å². The second kappa shape index (κ2) is 10.6. The summed E-state index contributed by atoms with van der Waals surface area (Å²) in [6, 6.07) is 16.9. The quantitative estimate of drug-likeness (QED) is 0.400. The highest BCUT2D eigenvalue weighted by Crippen LogP contribution is 2.32. The molecule has 3 aromatic rings. The van der Waals surface area contributed by atoms with Crippen molar-refractivity contribution in [3.63, 3.8) is 0 Å². The van der Waals surface area contributed by atoms with E-state index in [0.29, 0.717) is 36.8 Å². The van der Waals surface area contributed by atoms with Crippen LogP contribution in [0.1, 0.15) is 34.7 Å². The molecule has 1 aliphatic rings. The molecule has 37 heavy (non-hydrogen) atoms. The van der Waals surface area contributed by atoms with E-state index in [2.05, 4.69) is 5.32 Å². The molecule has 2 unspecified atom stereocenters. The van der Waals surface area contributed by atoms with E-state index in [4.69, 9.17) is 0 Å². The first-order chi connectivity index (χ1) is 17.4. The Morgan fingerprint density at radius 1 is 1.08 bits per heavy atom. The first-order valence-corrected chi connectivity index (χ1v) is 11.9. The molecule has 0 bridgehead atoms. The van der Waals surface area contributed by atoms with Gasteiger partial charge in [0, 0.05) is 25.3 Å². The van der Waals surface area contributed by atoms with Gasteiger partial charge in [0.25, 0.3) is 0 Å². The van der Waals surface area contributed by atoms with Gasteiger partial charge in [-0.3, -0.25) is 9.69 Å². The Labute approximate surface area is 212 Å². The van der Waals surface area contributed by atoms with Crippen LogP contribution >= 0.6 is 0 Å². The van der Waals surface area contributed by atoms with Crippen LogP contribution in [0.4, 0.5) is 23.2 Å². The number of nitrogens with zero attached hydrogens (tertiary/aromatic N) is 1. The molecule has 2 atom stereocenters. The summed E-state index contributed by atoms with van der Waals surface area (Å²) in [5.74, 6) is -1.88. The van der Waals surface area contributed by atoms with Crippen LogP contribution in [0, 0.1) is 5.82 Å². The molecule has 1 heterocycles. The topological polar surface area (TPSA) is 72.8 Å². The summed E-state index contributed by atoms with van der Waals surface area (Å²) in [5.41, 5.74) is 0.442. The predicted molar refractivity (Wildman–Crippen MR) is 131 cm³/mol. The van der Waals surface area contributed by atoms with Gasteiger partial charge in [0.05, 0.1) is 18.1 Å². The summed E-state index contributed by atoms with van der Waals surface area (Å²) < 4.78 is 52.2. The van der Waals surface area contributed by atoms with Gasteiger partial charge in [-0.05, 0) is 53.8 Å². The molecule has 4 rings (SSSR count). The number of hydrogen-bond donors (Lipinski definition) is 3. The van der Waals surface area contributed by atoms with Crippen molar-refractivity contribution in [2.75, 3.05) is 18.4 Å². The van der Waals surface area contributed by atoms with Crippen molar-refractivity contribution in [1.29, 1.82) is 0 Å². The molecule has 0 aliphatic carbocycles. The highest BCUT2D eigenvalue weighted by Gasteiger charge is 2.35. The number of fused-ring (bicyclic) bond motifs is 1. The normalized spacial score (nSPS) is 16.5. The van der Waals surface area contributed by atoms with E-state index in [0.717, 1.165) is 23.3 Å². The number of hydrogen-bond acceptors (Lipinski definition) is 4. The van der Waals surface area contributed by atoms with E-state index in [-0.39, 0.29) is 18.5 Å². The largest absolute Gasteiger partial charge is 0.419 e. The fourth-order valence-electron chi connectivity index (χ4n) is 4.61. The van der Waals surface area contributed by atoms with Crippen molar-refractivity contribution < 1.29 is 32.6 Å². The lowest BCUT2D eigenvalue weighted by Crippen LogP contribution is -2.46. The van der Waals surface area contributed by atoms with Gasteiger partial charge in [-0.15, -0.1) is 0 Å². The molecular weight excluding hydrogens is 488 g/mol. The summed E-state index contributed by atoms with van der Waals surface area (Å²) in [4.78, 5) is 14.6. The van der Waals surface area contributed by atoms with Crippen molar-refractivity contribution >= 4 is 11.6 Å². The van der Waals surface area contributed by atoms with Gasteiger partial charge in [-0.1, -0.05) is 48.5 Å². The molecule has 9 heteroatoms. The Bertz CT molecular complexity index is 1260. The zero-order valence-electron chi connectivity index (χ0n) is 20.2. The summed E-state index contributed by atoms with van der Waals surface area (Å²) in [6.45, 7) is 2.93. The highest BCUT2D eigenvalue weighted by molar-refractivity contribution is 5.93. The third kappa shape index (κ3) is 6.18. The van der Waals surface area contributed by atoms with Crippen LogP contribution in [0.3, 0.4) is 0 Å². The molecule has 0 aromatic heterocycles. The fourth-order valence-corrected chi connectivity index (χ4v) is 4.61. The summed E-state index contributed by atoms with van der Waals surface area (Å²) in [5, 5.41) is 24.5. The van der Waals surface area contributed by atoms with E-state index < -0.39 is 35.2 Å². The third-order valence-electron chi connectivity index (χ3n) is 6.76. The smallest absolute Gasteiger partial charge is 0.388 e. The number of alkyl halides is 3. The maximum absolute atomic E-state index is 13.9. The first kappa shape index (κ1) is 26.8. The number of carbonyl (C=O) groups excluding carboxylic acids is 1. The van der Waals surface area contributed by atoms with Crippen LogP contribution in [-0.4, -0.2) is 40.2 Å². The third-order valence-corrected chi connectivity index (χ3v) is 6.76. The second-order valence-electron chi connectivity index (χ2n) is 9.49. The lowest BCUT2D eigenvalue weighted by atomic mass is 9.89. The SMILES string of the molecule is CC(O)(c1ccccc1)C(O)CN1CCc2c(cccc2NC(=O)Cc2ccc(C(F)(F)F)c(F)c2)C1. The molecule has 3 N–H and O–H groups in total. The van der Waals surface area contributed by atoms with Crippen molar-refractivity contribution in [2.24, 2.45) is 0 Å². The van der Waals surface area contributed by atoms with E-state index in [1.807, 2.05) is 17.0 Å². The molecule has 0 spiro atoms. The monoisotopic (exact) mass is 516 g/mol.